The number of ether oxygens (including phenoxy) is 2. The van der Waals surface area contributed by atoms with Gasteiger partial charge in [-0.2, -0.15) is 0 Å². The molecule has 2 amide bonds. The smallest absolute Gasteiger partial charge is 0.411 e. The number of aromatic amines is 2. The van der Waals surface area contributed by atoms with E-state index in [0.29, 0.717) is 11.8 Å². The highest BCUT2D eigenvalue weighted by Gasteiger charge is 2.57. The highest BCUT2D eigenvalue weighted by atomic mass is 16.6. The van der Waals surface area contributed by atoms with E-state index in [0.717, 1.165) is 92.7 Å². The molecule has 4 fully saturated rings. The van der Waals surface area contributed by atoms with Crippen LogP contribution in [-0.2, 0) is 9.47 Å². The monoisotopic (exact) mass is 723 g/mol. The van der Waals surface area contributed by atoms with Crippen molar-refractivity contribution in [3.8, 4) is 22.4 Å². The van der Waals surface area contributed by atoms with Crippen LogP contribution < -0.4 is 0 Å². The Hall–Kier alpha value is -5.45. The summed E-state index contributed by atoms with van der Waals surface area (Å²) in [4.78, 5) is 52.1. The lowest BCUT2D eigenvalue weighted by Gasteiger charge is -2.29. The summed E-state index contributed by atoms with van der Waals surface area (Å²) in [5.41, 5.74) is 7.47. The average Bonchev–Trinajstić information content (AvgIpc) is 3.77. The maximum atomic E-state index is 13.2. The summed E-state index contributed by atoms with van der Waals surface area (Å²) < 4.78 is 11.5. The summed E-state index contributed by atoms with van der Waals surface area (Å²) in [6.07, 6.45) is 3.36. The first-order valence-electron chi connectivity index (χ1n) is 19.2. The molecule has 5 heterocycles. The van der Waals surface area contributed by atoms with Gasteiger partial charge >= 0.3 is 12.2 Å². The van der Waals surface area contributed by atoms with E-state index in [1.165, 1.54) is 0 Å². The minimum atomic E-state index is -0.546. The Balaban J connectivity index is 0.884. The molecule has 0 bridgehead atoms. The lowest BCUT2D eigenvalue weighted by atomic mass is 10.0. The van der Waals surface area contributed by atoms with Crippen LogP contribution in [-0.4, -0.2) is 70.2 Å². The fourth-order valence-corrected chi connectivity index (χ4v) is 8.73. The van der Waals surface area contributed by atoms with E-state index in [-0.39, 0.29) is 36.4 Å². The van der Waals surface area contributed by atoms with Gasteiger partial charge in [0, 0.05) is 23.0 Å². The summed E-state index contributed by atoms with van der Waals surface area (Å²) in [5.74, 6) is 2.66. The van der Waals surface area contributed by atoms with Crippen molar-refractivity contribution in [1.82, 2.24) is 34.7 Å². The fourth-order valence-electron chi connectivity index (χ4n) is 8.73. The number of aromatic nitrogens is 5. The number of fused-ring (bicyclic) bond motifs is 5. The Morgan fingerprint density at radius 1 is 0.593 bits per heavy atom. The number of carbonyl (C=O) groups is 2. The highest BCUT2D eigenvalue weighted by molar-refractivity contribution is 5.90. The van der Waals surface area contributed by atoms with Crippen LogP contribution in [0.15, 0.2) is 66.7 Å². The normalized spacial score (nSPS) is 24.6. The zero-order chi connectivity index (χ0) is 37.3. The number of hydrogen-bond acceptors (Lipinski definition) is 7. The van der Waals surface area contributed by atoms with Crippen molar-refractivity contribution < 1.29 is 19.1 Å². The number of imidazole rings is 2. The van der Waals surface area contributed by atoms with Crippen LogP contribution in [0.3, 0.4) is 0 Å². The Morgan fingerprint density at radius 2 is 1.07 bits per heavy atom. The maximum Gasteiger partial charge on any atom is 0.411 e. The van der Waals surface area contributed by atoms with Gasteiger partial charge in [0.1, 0.15) is 22.9 Å². The van der Waals surface area contributed by atoms with Gasteiger partial charge < -0.3 is 19.4 Å². The van der Waals surface area contributed by atoms with Crippen LogP contribution in [0.2, 0.25) is 0 Å². The number of carbonyl (C=O) groups excluding carboxylic acids is 2. The molecule has 54 heavy (non-hydrogen) atoms. The van der Waals surface area contributed by atoms with Gasteiger partial charge in [0.25, 0.3) is 0 Å². The summed E-state index contributed by atoms with van der Waals surface area (Å²) in [6.45, 7) is 11.4. The molecule has 6 aromatic rings. The van der Waals surface area contributed by atoms with Crippen LogP contribution in [0.4, 0.5) is 9.59 Å². The molecule has 2 saturated heterocycles. The number of nitrogens with zero attached hydrogens (tertiary/aromatic N) is 5. The van der Waals surface area contributed by atoms with Gasteiger partial charge in [-0.1, -0.05) is 24.3 Å². The molecule has 2 N–H and O–H groups in total. The van der Waals surface area contributed by atoms with Crippen LogP contribution >= 0.6 is 0 Å². The second-order valence-corrected chi connectivity index (χ2v) is 17.7. The van der Waals surface area contributed by atoms with Gasteiger partial charge in [0.15, 0.2) is 0 Å². The van der Waals surface area contributed by atoms with Crippen molar-refractivity contribution in [3.63, 3.8) is 0 Å². The molecular formula is C43H45N7O4. The minimum Gasteiger partial charge on any atom is -0.444 e. The SMILES string of the molecule is CC(C)(C)OC(=O)N1[C@@H]2CC2C[C@H]1c1nc2ccc(-c3ccc4cc(-c5ccc6nc([C@@H]7C[C@H]8C[C@H]8N7C(=O)OC(C)(C)C)[nH]c6c5)ccc4n3)cc2[nH]1. The van der Waals surface area contributed by atoms with Crippen molar-refractivity contribution in [2.75, 3.05) is 0 Å². The fraction of sp³-hybridized carbons (Fsp3) is 0.419. The number of rotatable bonds is 4. The predicted molar refractivity (Wildman–Crippen MR) is 207 cm³/mol. The average molecular weight is 724 g/mol. The number of H-pyrrole nitrogens is 2. The molecule has 1 unspecified atom stereocenters. The van der Waals surface area contributed by atoms with Crippen LogP contribution in [0.25, 0.3) is 55.4 Å². The topological polar surface area (TPSA) is 129 Å². The van der Waals surface area contributed by atoms with Crippen LogP contribution in [0.5, 0.6) is 0 Å². The van der Waals surface area contributed by atoms with Crippen molar-refractivity contribution in [1.29, 1.82) is 0 Å². The molecule has 2 aliphatic carbocycles. The second-order valence-electron chi connectivity index (χ2n) is 17.7. The van der Waals surface area contributed by atoms with Gasteiger partial charge in [-0.25, -0.2) is 24.5 Å². The van der Waals surface area contributed by atoms with Crippen molar-refractivity contribution in [2.45, 2.75) is 103 Å². The molecule has 11 nitrogen and oxygen atoms in total. The predicted octanol–water partition coefficient (Wildman–Crippen LogP) is 9.46. The van der Waals surface area contributed by atoms with Gasteiger partial charge in [-0.15, -0.1) is 0 Å². The van der Waals surface area contributed by atoms with E-state index in [4.69, 9.17) is 24.4 Å². The third-order valence-electron chi connectivity index (χ3n) is 11.4. The van der Waals surface area contributed by atoms with E-state index in [2.05, 4.69) is 64.6 Å². The Kier molecular flexibility index (Phi) is 7.07. The third kappa shape index (κ3) is 5.84. The highest BCUT2D eigenvalue weighted by Crippen LogP contribution is 2.54. The molecule has 2 aliphatic heterocycles. The quantitative estimate of drug-likeness (QED) is 0.185. The largest absolute Gasteiger partial charge is 0.444 e. The standard InChI is InChI=1S/C43H45N7O4/c1-42(2,3)53-40(51)49-34-18-26(34)20-36(49)38-45-30-13-8-23(16-32(30)47-38)22-7-11-28-24(15-22)9-12-29(44-28)25-10-14-31-33(17-25)48-39(46-31)37-21-27-19-35(27)50(37)41(52)54-43(4,5)6/h7-17,26-27,34-37H,18-21H2,1-6H3,(H,45,47)(H,46,48)/t26-,27?,34-,35-,36+,37+/m1/s1. The Labute approximate surface area is 313 Å². The maximum absolute atomic E-state index is 13.2. The minimum absolute atomic E-state index is 0.108. The second kappa shape index (κ2) is 11.5. The van der Waals surface area contributed by atoms with Gasteiger partial charge in [0.05, 0.1) is 45.4 Å². The molecule has 6 atom stereocenters. The lowest BCUT2D eigenvalue weighted by molar-refractivity contribution is 0.0164. The molecule has 11 heteroatoms. The van der Waals surface area contributed by atoms with Gasteiger partial charge in [-0.05, 0) is 133 Å². The van der Waals surface area contributed by atoms with Crippen LogP contribution in [0, 0.1) is 11.8 Å². The molecule has 10 rings (SSSR count). The van der Waals surface area contributed by atoms with Gasteiger partial charge in [0.2, 0.25) is 0 Å². The Bertz CT molecular complexity index is 2330. The van der Waals surface area contributed by atoms with Crippen molar-refractivity contribution in [2.24, 2.45) is 11.8 Å². The first kappa shape index (κ1) is 33.1. The zero-order valence-corrected chi connectivity index (χ0v) is 31.5. The number of hydrogen-bond donors (Lipinski definition) is 2. The molecule has 0 spiro atoms. The molecule has 3 aromatic heterocycles. The van der Waals surface area contributed by atoms with E-state index in [9.17, 15) is 9.59 Å². The third-order valence-corrected chi connectivity index (χ3v) is 11.4. The van der Waals surface area contributed by atoms with E-state index < -0.39 is 11.2 Å². The molecule has 2 saturated carbocycles. The molecule has 0 radical (unpaired) electrons. The van der Waals surface area contributed by atoms with E-state index >= 15 is 0 Å². The molecular weight excluding hydrogens is 679 g/mol. The summed E-state index contributed by atoms with van der Waals surface area (Å²) in [7, 11) is 0. The summed E-state index contributed by atoms with van der Waals surface area (Å²) in [5, 5.41) is 1.05. The number of pyridine rings is 1. The Morgan fingerprint density at radius 3 is 1.61 bits per heavy atom. The first-order valence-corrected chi connectivity index (χ1v) is 19.2. The first-order chi connectivity index (χ1) is 25.7. The van der Waals surface area contributed by atoms with Gasteiger partial charge in [-0.3, -0.25) is 9.80 Å². The van der Waals surface area contributed by atoms with E-state index in [1.54, 1.807) is 0 Å². The number of nitrogens with one attached hydrogen (secondary N) is 2. The van der Waals surface area contributed by atoms with Crippen LogP contribution in [0.1, 0.15) is 91.0 Å². The lowest BCUT2D eigenvalue weighted by Crippen LogP contribution is -2.38. The zero-order valence-electron chi connectivity index (χ0n) is 31.5. The number of amides is 2. The number of benzene rings is 3. The summed E-state index contributed by atoms with van der Waals surface area (Å²) >= 11 is 0. The summed E-state index contributed by atoms with van der Waals surface area (Å²) in [6, 6.07) is 23.3. The van der Waals surface area contributed by atoms with Crippen molar-refractivity contribution in [3.05, 3.63) is 78.4 Å². The molecule has 276 valence electrons. The molecule has 4 aliphatic rings. The van der Waals surface area contributed by atoms with Crippen molar-refractivity contribution >= 4 is 45.2 Å². The van der Waals surface area contributed by atoms with E-state index in [1.807, 2.05) is 63.5 Å². The molecule has 3 aromatic carbocycles. The number of piperidine rings is 2. The number of likely N-dealkylation sites (tertiary alicyclic amines) is 2.